The van der Waals surface area contributed by atoms with Gasteiger partial charge in [0.25, 0.3) is 0 Å². The van der Waals surface area contributed by atoms with E-state index in [4.69, 9.17) is 11.5 Å². The number of hydrogen-bond donors (Lipinski definition) is 2. The molecule has 2 aromatic rings. The first kappa shape index (κ1) is 28.6. The van der Waals surface area contributed by atoms with Crippen LogP contribution in [-0.4, -0.2) is 40.1 Å². The highest BCUT2D eigenvalue weighted by Gasteiger charge is 2.60. The van der Waals surface area contributed by atoms with Gasteiger partial charge in [0.1, 0.15) is 11.2 Å². The molecule has 0 aromatic heterocycles. The minimum Gasteiger partial charge on any atom is -0.370 e. The van der Waals surface area contributed by atoms with Crippen LogP contribution in [0, 0.1) is 11.3 Å². The topological polar surface area (TPSA) is 113 Å². The fraction of sp³-hybridized carbons (Fsp3) is 0.483. The van der Waals surface area contributed by atoms with Crippen molar-refractivity contribution in [1.29, 1.82) is 5.26 Å². The standard InChI is InChI=1S/C29H32F4N4O2/c1-26(2,30)15-22(35)25(39)37(28(17-34)13-14-28)24(29(31,32)33)20-5-3-18(4-6-20)19-7-9-21(10-8-19)27(11-12-27)16-23(36)38/h3-10,22,24H,11-16,35H2,1-2H3,(H2,36,38)/t22-,24-/m0/s1. The van der Waals surface area contributed by atoms with E-state index in [0.717, 1.165) is 24.0 Å². The molecule has 4 N–H and O–H groups in total. The molecule has 0 aliphatic heterocycles. The Balaban J connectivity index is 1.64. The maximum absolute atomic E-state index is 14.5. The first-order valence-corrected chi connectivity index (χ1v) is 12.9. The maximum Gasteiger partial charge on any atom is 0.413 e. The first-order valence-electron chi connectivity index (χ1n) is 12.9. The summed E-state index contributed by atoms with van der Waals surface area (Å²) in [6.45, 7) is 2.38. The molecule has 0 saturated heterocycles. The highest BCUT2D eigenvalue weighted by Crippen LogP contribution is 2.52. The van der Waals surface area contributed by atoms with Gasteiger partial charge in [-0.3, -0.25) is 9.59 Å². The van der Waals surface area contributed by atoms with Gasteiger partial charge in [-0.1, -0.05) is 48.5 Å². The van der Waals surface area contributed by atoms with E-state index in [1.165, 1.54) is 38.1 Å². The first-order chi connectivity index (χ1) is 18.1. The third kappa shape index (κ3) is 6.09. The summed E-state index contributed by atoms with van der Waals surface area (Å²) in [6.07, 6.45) is -3.22. The van der Waals surface area contributed by atoms with Crippen LogP contribution < -0.4 is 11.5 Å². The molecular weight excluding hydrogens is 512 g/mol. The molecule has 2 amide bonds. The lowest BCUT2D eigenvalue weighted by Gasteiger charge is -2.38. The number of amides is 2. The fourth-order valence-electron chi connectivity index (χ4n) is 5.31. The quantitative estimate of drug-likeness (QED) is 0.400. The molecule has 4 rings (SSSR count). The van der Waals surface area contributed by atoms with Crippen molar-refractivity contribution >= 4 is 11.8 Å². The zero-order chi connectivity index (χ0) is 28.8. The van der Waals surface area contributed by atoms with Crippen LogP contribution in [0.1, 0.15) is 69.5 Å². The van der Waals surface area contributed by atoms with E-state index in [1.54, 1.807) is 0 Å². The molecular formula is C29H32F4N4O2. The van der Waals surface area contributed by atoms with E-state index < -0.39 is 41.8 Å². The van der Waals surface area contributed by atoms with Gasteiger partial charge in [-0.2, -0.15) is 18.4 Å². The highest BCUT2D eigenvalue weighted by atomic mass is 19.4. The van der Waals surface area contributed by atoms with Crippen molar-refractivity contribution < 1.29 is 27.2 Å². The lowest BCUT2D eigenvalue weighted by molar-refractivity contribution is -0.198. The number of alkyl halides is 4. The van der Waals surface area contributed by atoms with Gasteiger partial charge in [-0.05, 0) is 61.8 Å². The van der Waals surface area contributed by atoms with Gasteiger partial charge < -0.3 is 16.4 Å². The van der Waals surface area contributed by atoms with Crippen LogP contribution >= 0.6 is 0 Å². The third-order valence-electron chi connectivity index (χ3n) is 7.64. The minimum absolute atomic E-state index is 0.0786. The number of nitriles is 1. The molecule has 2 aliphatic carbocycles. The van der Waals surface area contributed by atoms with E-state index in [1.807, 2.05) is 30.3 Å². The van der Waals surface area contributed by atoms with E-state index in [9.17, 15) is 32.4 Å². The van der Waals surface area contributed by atoms with Gasteiger partial charge in [-0.25, -0.2) is 4.39 Å². The number of halogens is 4. The molecule has 0 bridgehead atoms. The maximum atomic E-state index is 14.5. The summed E-state index contributed by atoms with van der Waals surface area (Å²) in [5, 5.41) is 9.72. The Morgan fingerprint density at radius 3 is 1.87 bits per heavy atom. The predicted molar refractivity (Wildman–Crippen MR) is 138 cm³/mol. The number of benzene rings is 2. The van der Waals surface area contributed by atoms with Crippen molar-refractivity contribution in [1.82, 2.24) is 4.90 Å². The molecule has 10 heteroatoms. The summed E-state index contributed by atoms with van der Waals surface area (Å²) in [5.74, 6) is -1.47. The van der Waals surface area contributed by atoms with E-state index >= 15 is 0 Å². The van der Waals surface area contributed by atoms with Crippen LogP contribution in [0.2, 0.25) is 0 Å². The second-order valence-corrected chi connectivity index (χ2v) is 11.4. The average molecular weight is 545 g/mol. The number of carbonyl (C=O) groups excluding carboxylic acids is 2. The Kier molecular flexibility index (Phi) is 7.28. The highest BCUT2D eigenvalue weighted by molar-refractivity contribution is 5.84. The molecule has 0 heterocycles. The van der Waals surface area contributed by atoms with Gasteiger partial charge in [-0.15, -0.1) is 0 Å². The summed E-state index contributed by atoms with van der Waals surface area (Å²) in [7, 11) is 0. The molecule has 0 radical (unpaired) electrons. The Morgan fingerprint density at radius 2 is 1.49 bits per heavy atom. The van der Waals surface area contributed by atoms with E-state index in [2.05, 4.69) is 0 Å². The van der Waals surface area contributed by atoms with Crippen molar-refractivity contribution in [3.05, 3.63) is 59.7 Å². The predicted octanol–water partition coefficient (Wildman–Crippen LogP) is 5.21. The molecule has 2 aliphatic rings. The number of carbonyl (C=O) groups is 2. The van der Waals surface area contributed by atoms with Crippen molar-refractivity contribution in [2.24, 2.45) is 11.5 Å². The lowest BCUT2D eigenvalue weighted by Crippen LogP contribution is -2.55. The summed E-state index contributed by atoms with van der Waals surface area (Å²) >= 11 is 0. The largest absolute Gasteiger partial charge is 0.413 e. The van der Waals surface area contributed by atoms with Crippen LogP contribution in [0.3, 0.4) is 0 Å². The van der Waals surface area contributed by atoms with Gasteiger partial charge in [0.2, 0.25) is 11.8 Å². The molecule has 208 valence electrons. The van der Waals surface area contributed by atoms with Crippen molar-refractivity contribution in [2.45, 2.75) is 87.3 Å². The number of nitrogens with two attached hydrogens (primary N) is 2. The third-order valence-corrected chi connectivity index (χ3v) is 7.64. The number of hydrogen-bond acceptors (Lipinski definition) is 4. The second kappa shape index (κ2) is 9.94. The van der Waals surface area contributed by atoms with Crippen molar-refractivity contribution in [3.63, 3.8) is 0 Å². The molecule has 2 saturated carbocycles. The van der Waals surface area contributed by atoms with Crippen LogP contribution in [0.5, 0.6) is 0 Å². The Bertz CT molecular complexity index is 1270. The van der Waals surface area contributed by atoms with Crippen LogP contribution in [0.15, 0.2) is 48.5 Å². The fourth-order valence-corrected chi connectivity index (χ4v) is 5.31. The molecule has 0 spiro atoms. The molecule has 2 fully saturated rings. The van der Waals surface area contributed by atoms with E-state index in [0.29, 0.717) is 10.5 Å². The molecule has 6 nitrogen and oxygen atoms in total. The second-order valence-electron chi connectivity index (χ2n) is 11.4. The lowest BCUT2D eigenvalue weighted by atomic mass is 9.90. The Morgan fingerprint density at radius 1 is 0.974 bits per heavy atom. The van der Waals surface area contributed by atoms with Crippen molar-refractivity contribution in [2.75, 3.05) is 0 Å². The van der Waals surface area contributed by atoms with Crippen LogP contribution in [0.25, 0.3) is 11.1 Å². The van der Waals surface area contributed by atoms with Crippen molar-refractivity contribution in [3.8, 4) is 17.2 Å². The normalized spacial score (nSPS) is 18.9. The number of primary amides is 1. The number of nitrogens with zero attached hydrogens (tertiary/aromatic N) is 2. The van der Waals surface area contributed by atoms with Gasteiger partial charge in [0.15, 0.2) is 6.04 Å². The molecule has 39 heavy (non-hydrogen) atoms. The van der Waals surface area contributed by atoms with Gasteiger partial charge in [0.05, 0.1) is 12.1 Å². The summed E-state index contributed by atoms with van der Waals surface area (Å²) < 4.78 is 57.8. The molecule has 0 unspecified atom stereocenters. The van der Waals surface area contributed by atoms with Gasteiger partial charge >= 0.3 is 6.18 Å². The SMILES string of the molecule is CC(C)(F)C[C@H](N)C(=O)N([C@@H](c1ccc(-c2ccc(C3(CC(N)=O)CC3)cc2)cc1)C(F)(F)F)C1(C#N)CC1. The zero-order valence-corrected chi connectivity index (χ0v) is 21.9. The molecule has 2 aromatic carbocycles. The Labute approximate surface area is 224 Å². The molecule has 2 atom stereocenters. The summed E-state index contributed by atoms with van der Waals surface area (Å²) in [4.78, 5) is 25.2. The van der Waals surface area contributed by atoms with Crippen LogP contribution in [0.4, 0.5) is 17.6 Å². The minimum atomic E-state index is -4.91. The van der Waals surface area contributed by atoms with Gasteiger partial charge in [0, 0.05) is 18.3 Å². The average Bonchev–Trinajstić information content (AvgIpc) is 3.77. The summed E-state index contributed by atoms with van der Waals surface area (Å²) in [5.41, 5.74) is 9.70. The summed E-state index contributed by atoms with van der Waals surface area (Å²) in [6, 6.07) is 11.0. The smallest absolute Gasteiger partial charge is 0.370 e. The zero-order valence-electron chi connectivity index (χ0n) is 21.9. The van der Waals surface area contributed by atoms with E-state index in [-0.39, 0.29) is 36.1 Å². The monoisotopic (exact) mass is 544 g/mol. The number of rotatable bonds is 10. The Hall–Kier alpha value is -3.45. The van der Waals surface area contributed by atoms with Crippen LogP contribution in [-0.2, 0) is 15.0 Å².